The van der Waals surface area contributed by atoms with Crippen LogP contribution < -0.4 is 15.4 Å². The molecule has 1 fully saturated rings. The molecular weight excluding hydrogens is 381 g/mol. The molecule has 0 unspecified atom stereocenters. The van der Waals surface area contributed by atoms with Crippen LogP contribution in [0.1, 0.15) is 11.5 Å². The highest BCUT2D eigenvalue weighted by Gasteiger charge is 2.42. The Labute approximate surface area is 166 Å². The van der Waals surface area contributed by atoms with E-state index < -0.39 is 42.2 Å². The van der Waals surface area contributed by atoms with Crippen molar-refractivity contribution < 1.29 is 28.6 Å². The molecule has 0 aromatic heterocycles. The molecule has 0 radical (unpaired) electrons. The molecule has 0 spiro atoms. The normalized spacial score (nSPS) is 18.4. The number of rotatable bonds is 6. The van der Waals surface area contributed by atoms with Gasteiger partial charge in [-0.05, 0) is 42.0 Å². The minimum absolute atomic E-state index is 0.152. The summed E-state index contributed by atoms with van der Waals surface area (Å²) in [4.78, 5) is 37.4. The highest BCUT2D eigenvalue weighted by atomic mass is 19.1. The number of carbonyl (C=O) groups excluding carboxylic acids is 2. The van der Waals surface area contributed by atoms with Gasteiger partial charge >= 0.3 is 12.0 Å². The Bertz CT molecular complexity index is 901. The largest absolute Gasteiger partial charge is 0.497 e. The lowest BCUT2D eigenvalue weighted by atomic mass is 9.94. The molecule has 2 atom stereocenters. The second-order valence-electron chi connectivity index (χ2n) is 6.58. The van der Waals surface area contributed by atoms with E-state index in [4.69, 9.17) is 9.84 Å². The van der Waals surface area contributed by atoms with E-state index in [0.29, 0.717) is 11.4 Å². The summed E-state index contributed by atoms with van der Waals surface area (Å²) in [6, 6.07) is 10.6. The van der Waals surface area contributed by atoms with Crippen molar-refractivity contribution in [3.05, 3.63) is 59.9 Å². The number of nitrogens with one attached hydrogen (secondary N) is 2. The SMILES string of the molecule is COc1ccc([C@@H]2CN(CC(=O)O)C(=O)[C@H]2NC(=O)Nc2ccc(F)cc2)cc1. The van der Waals surface area contributed by atoms with Crippen LogP contribution in [0.25, 0.3) is 0 Å². The third-order valence-electron chi connectivity index (χ3n) is 4.66. The number of aliphatic carboxylic acids is 1. The van der Waals surface area contributed by atoms with Gasteiger partial charge in [0.25, 0.3) is 0 Å². The van der Waals surface area contributed by atoms with Crippen LogP contribution in [0, 0.1) is 5.82 Å². The summed E-state index contributed by atoms with van der Waals surface area (Å²) in [6.07, 6.45) is 0. The number of ether oxygens (including phenoxy) is 1. The first-order chi connectivity index (χ1) is 13.9. The number of halogens is 1. The highest BCUT2D eigenvalue weighted by molar-refractivity contribution is 5.96. The maximum absolute atomic E-state index is 13.0. The van der Waals surface area contributed by atoms with Gasteiger partial charge in [0.05, 0.1) is 7.11 Å². The van der Waals surface area contributed by atoms with Gasteiger partial charge in [-0.25, -0.2) is 9.18 Å². The van der Waals surface area contributed by atoms with Crippen molar-refractivity contribution >= 4 is 23.6 Å². The summed E-state index contributed by atoms with van der Waals surface area (Å²) >= 11 is 0. The summed E-state index contributed by atoms with van der Waals surface area (Å²) in [5.74, 6) is -1.86. The molecule has 2 aromatic rings. The Morgan fingerprint density at radius 1 is 1.17 bits per heavy atom. The van der Waals surface area contributed by atoms with Crippen LogP contribution in [0.3, 0.4) is 0 Å². The quantitative estimate of drug-likeness (QED) is 0.687. The lowest BCUT2D eigenvalue weighted by Gasteiger charge is -2.19. The molecule has 0 saturated carbocycles. The molecule has 29 heavy (non-hydrogen) atoms. The number of methoxy groups -OCH3 is 1. The first kappa shape index (κ1) is 20.1. The molecule has 8 nitrogen and oxygen atoms in total. The average Bonchev–Trinajstić information content (AvgIpc) is 2.99. The topological polar surface area (TPSA) is 108 Å². The van der Waals surface area contributed by atoms with E-state index in [-0.39, 0.29) is 6.54 Å². The Balaban J connectivity index is 1.78. The standard InChI is InChI=1S/C20H20FN3O5/c1-29-15-8-2-12(3-9-15)16-10-24(11-17(25)26)19(27)18(16)23-20(28)22-14-6-4-13(21)5-7-14/h2-9,16,18H,10-11H2,1H3,(H,25,26)(H2,22,23,28)/t16-,18-/m0/s1. The van der Waals surface area contributed by atoms with Crippen LogP contribution in [0.2, 0.25) is 0 Å². The second kappa shape index (κ2) is 8.59. The summed E-state index contributed by atoms with van der Waals surface area (Å²) in [5, 5.41) is 14.2. The van der Waals surface area contributed by atoms with Gasteiger partial charge in [0.2, 0.25) is 5.91 Å². The number of urea groups is 1. The van der Waals surface area contributed by atoms with Crippen LogP contribution in [0.4, 0.5) is 14.9 Å². The van der Waals surface area contributed by atoms with Crippen LogP contribution >= 0.6 is 0 Å². The third kappa shape index (κ3) is 4.81. The fourth-order valence-corrected chi connectivity index (χ4v) is 3.26. The van der Waals surface area contributed by atoms with Crippen molar-refractivity contribution in [3.8, 4) is 5.75 Å². The van der Waals surface area contributed by atoms with E-state index >= 15 is 0 Å². The zero-order valence-corrected chi connectivity index (χ0v) is 15.6. The number of hydrogen-bond donors (Lipinski definition) is 3. The van der Waals surface area contributed by atoms with E-state index in [1.54, 1.807) is 24.3 Å². The molecule has 152 valence electrons. The van der Waals surface area contributed by atoms with Crippen molar-refractivity contribution in [2.75, 3.05) is 25.5 Å². The molecule has 1 saturated heterocycles. The summed E-state index contributed by atoms with van der Waals surface area (Å²) < 4.78 is 18.1. The molecule has 3 rings (SSSR count). The number of carboxylic acids is 1. The predicted molar refractivity (Wildman–Crippen MR) is 102 cm³/mol. The Kier molecular flexibility index (Phi) is 5.96. The maximum Gasteiger partial charge on any atom is 0.323 e. The zero-order valence-electron chi connectivity index (χ0n) is 15.6. The van der Waals surface area contributed by atoms with E-state index in [0.717, 1.165) is 5.56 Å². The summed E-state index contributed by atoms with van der Waals surface area (Å²) in [7, 11) is 1.53. The van der Waals surface area contributed by atoms with Crippen molar-refractivity contribution in [3.63, 3.8) is 0 Å². The average molecular weight is 401 g/mol. The van der Waals surface area contributed by atoms with E-state index in [1.165, 1.54) is 36.3 Å². The van der Waals surface area contributed by atoms with Crippen molar-refractivity contribution in [1.82, 2.24) is 10.2 Å². The number of hydrogen-bond acceptors (Lipinski definition) is 4. The number of amides is 3. The van der Waals surface area contributed by atoms with Gasteiger partial charge in [-0.2, -0.15) is 0 Å². The maximum atomic E-state index is 13.0. The van der Waals surface area contributed by atoms with Gasteiger partial charge in [0.1, 0.15) is 24.2 Å². The smallest absolute Gasteiger partial charge is 0.323 e. The Hall–Kier alpha value is -3.62. The lowest BCUT2D eigenvalue weighted by molar-refractivity contribution is -0.143. The number of anilines is 1. The molecule has 1 aliphatic rings. The van der Waals surface area contributed by atoms with Crippen molar-refractivity contribution in [1.29, 1.82) is 0 Å². The highest BCUT2D eigenvalue weighted by Crippen LogP contribution is 2.30. The van der Waals surface area contributed by atoms with E-state index in [2.05, 4.69) is 10.6 Å². The minimum Gasteiger partial charge on any atom is -0.497 e. The first-order valence-corrected chi connectivity index (χ1v) is 8.85. The molecule has 3 N–H and O–H groups in total. The molecule has 3 amide bonds. The lowest BCUT2D eigenvalue weighted by Crippen LogP contribution is -2.45. The molecule has 0 aliphatic carbocycles. The van der Waals surface area contributed by atoms with Crippen molar-refractivity contribution in [2.45, 2.75) is 12.0 Å². The van der Waals surface area contributed by atoms with Crippen LogP contribution in [-0.2, 0) is 9.59 Å². The molecule has 2 aromatic carbocycles. The monoisotopic (exact) mass is 401 g/mol. The number of nitrogens with zero attached hydrogens (tertiary/aromatic N) is 1. The third-order valence-corrected chi connectivity index (χ3v) is 4.66. The predicted octanol–water partition coefficient (Wildman–Crippen LogP) is 2.03. The molecular formula is C20H20FN3O5. The van der Waals surface area contributed by atoms with Gasteiger partial charge in [-0.1, -0.05) is 12.1 Å². The number of carbonyl (C=O) groups is 3. The number of carboxylic acid groups (broad SMARTS) is 1. The second-order valence-corrected chi connectivity index (χ2v) is 6.58. The summed E-state index contributed by atoms with van der Waals surface area (Å²) in [6.45, 7) is -0.303. The fourth-order valence-electron chi connectivity index (χ4n) is 3.26. The molecule has 9 heteroatoms. The van der Waals surface area contributed by atoms with Crippen molar-refractivity contribution in [2.24, 2.45) is 0 Å². The van der Waals surface area contributed by atoms with Crippen LogP contribution in [0.5, 0.6) is 5.75 Å². The first-order valence-electron chi connectivity index (χ1n) is 8.85. The van der Waals surface area contributed by atoms with Crippen LogP contribution in [-0.4, -0.2) is 54.2 Å². The van der Waals surface area contributed by atoms with Gasteiger partial charge in [0, 0.05) is 18.2 Å². The number of benzene rings is 2. The number of likely N-dealkylation sites (tertiary alicyclic amines) is 1. The minimum atomic E-state index is -1.14. The van der Waals surface area contributed by atoms with Gasteiger partial charge in [-0.15, -0.1) is 0 Å². The molecule has 1 heterocycles. The van der Waals surface area contributed by atoms with Gasteiger partial charge in [-0.3, -0.25) is 9.59 Å². The van der Waals surface area contributed by atoms with Gasteiger partial charge < -0.3 is 25.4 Å². The van der Waals surface area contributed by atoms with Crippen LogP contribution in [0.15, 0.2) is 48.5 Å². The zero-order chi connectivity index (χ0) is 21.0. The Morgan fingerprint density at radius 2 is 1.83 bits per heavy atom. The molecule has 0 bridgehead atoms. The summed E-state index contributed by atoms with van der Waals surface area (Å²) in [5.41, 5.74) is 1.12. The fraction of sp³-hybridized carbons (Fsp3) is 0.250. The van der Waals surface area contributed by atoms with Gasteiger partial charge in [0.15, 0.2) is 0 Å². The van der Waals surface area contributed by atoms with E-state index in [9.17, 15) is 18.8 Å². The Morgan fingerprint density at radius 3 is 2.41 bits per heavy atom. The molecule has 1 aliphatic heterocycles. The van der Waals surface area contributed by atoms with E-state index in [1.807, 2.05) is 0 Å².